The lowest BCUT2D eigenvalue weighted by atomic mass is 10.1. The van der Waals surface area contributed by atoms with E-state index in [2.05, 4.69) is 24.7 Å². The van der Waals surface area contributed by atoms with Crippen LogP contribution < -0.4 is 4.72 Å². The molecule has 1 aliphatic heterocycles. The summed E-state index contributed by atoms with van der Waals surface area (Å²) in [5.41, 5.74) is 0.491. The summed E-state index contributed by atoms with van der Waals surface area (Å²) < 4.78 is 82.8. The molecule has 19 heteroatoms. The summed E-state index contributed by atoms with van der Waals surface area (Å²) in [6, 6.07) is 12.3. The number of carbonyl (C=O) groups is 2. The van der Waals surface area contributed by atoms with Crippen LogP contribution in [0.4, 0.5) is 22.8 Å². The summed E-state index contributed by atoms with van der Waals surface area (Å²) in [7, 11) is -4.44. The number of benzene rings is 2. The molecule has 1 aromatic heterocycles. The summed E-state index contributed by atoms with van der Waals surface area (Å²) in [5, 5.41) is 19.7. The number of amides is 1. The van der Waals surface area contributed by atoms with Crippen LogP contribution in [-0.4, -0.2) is 72.5 Å². The van der Waals surface area contributed by atoms with Crippen molar-refractivity contribution in [2.45, 2.75) is 44.1 Å². The predicted octanol–water partition coefficient (Wildman–Crippen LogP) is 4.29. The van der Waals surface area contributed by atoms with Crippen LogP contribution in [0.3, 0.4) is 0 Å². The van der Waals surface area contributed by atoms with Gasteiger partial charge in [0.2, 0.25) is 5.28 Å². The van der Waals surface area contributed by atoms with E-state index < -0.39 is 53.1 Å². The van der Waals surface area contributed by atoms with Gasteiger partial charge in [0.15, 0.2) is 5.69 Å². The van der Waals surface area contributed by atoms with Crippen molar-refractivity contribution >= 4 is 22.3 Å². The zero-order valence-corrected chi connectivity index (χ0v) is 24.7. The number of ether oxygens (including phenoxy) is 3. The van der Waals surface area contributed by atoms with E-state index in [0.29, 0.717) is 5.56 Å². The fourth-order valence-electron chi connectivity index (χ4n) is 3.81. The Hall–Kier alpha value is -5.07. The molecule has 1 saturated heterocycles. The van der Waals surface area contributed by atoms with E-state index in [-0.39, 0.29) is 34.3 Å². The first-order chi connectivity index (χ1) is 21.1. The predicted molar refractivity (Wildman–Crippen MR) is 146 cm³/mol. The fraction of sp³-hybridized carbons (Fsp3) is 0.346. The van der Waals surface area contributed by atoms with Crippen molar-refractivity contribution in [3.63, 3.8) is 0 Å². The highest BCUT2D eigenvalue weighted by molar-refractivity contribution is 7.90. The molecule has 242 valence electrons. The number of hydrazine groups is 1. The van der Waals surface area contributed by atoms with E-state index >= 15 is 0 Å². The van der Waals surface area contributed by atoms with Crippen molar-refractivity contribution in [3.8, 4) is 16.9 Å². The first kappa shape index (κ1) is 32.8. The van der Waals surface area contributed by atoms with Gasteiger partial charge in [-0.15, -0.1) is 5.01 Å². The van der Waals surface area contributed by atoms with E-state index in [1.54, 1.807) is 42.8 Å². The standard InChI is InChI=1S/C26H27F3N6O9S/c1-16(2)43-25(37)41-15-42-32-35(38)33-13-20(14-33)44-24(36)31-45(39,40)21-10-8-19(9-11-21)34-22(12-23(30-34)26(27,28)29)18-6-4-17(3)5-7-18/h4-12,16,20H,13-15H2,1-3H3,(H,31,36)/b35-32-. The summed E-state index contributed by atoms with van der Waals surface area (Å²) >= 11 is 0. The number of aryl methyl sites for hydroxylation is 1. The summed E-state index contributed by atoms with van der Waals surface area (Å²) in [5.74, 6) is 0. The maximum atomic E-state index is 13.5. The van der Waals surface area contributed by atoms with Crippen LogP contribution in [0, 0.1) is 12.1 Å². The third kappa shape index (κ3) is 8.52. The number of halogens is 3. The van der Waals surface area contributed by atoms with Gasteiger partial charge in [-0.05, 0) is 51.1 Å². The molecule has 0 atom stereocenters. The zero-order chi connectivity index (χ0) is 32.9. The average Bonchev–Trinajstić information content (AvgIpc) is 3.39. The number of sulfonamides is 1. The third-order valence-electron chi connectivity index (χ3n) is 5.99. The Morgan fingerprint density at radius 3 is 2.38 bits per heavy atom. The van der Waals surface area contributed by atoms with Gasteiger partial charge in [0.1, 0.15) is 19.2 Å². The molecule has 2 aromatic carbocycles. The molecule has 1 aliphatic rings. The van der Waals surface area contributed by atoms with Crippen LogP contribution in [0.1, 0.15) is 25.1 Å². The number of alkyl halides is 3. The Kier molecular flexibility index (Phi) is 9.69. The highest BCUT2D eigenvalue weighted by Crippen LogP contribution is 2.33. The highest BCUT2D eigenvalue weighted by Gasteiger charge is 2.38. The molecule has 0 bridgehead atoms. The Bertz CT molecular complexity index is 1650. The molecular weight excluding hydrogens is 629 g/mol. The van der Waals surface area contributed by atoms with Crippen LogP contribution in [0.25, 0.3) is 16.9 Å². The van der Waals surface area contributed by atoms with Gasteiger partial charge >= 0.3 is 18.4 Å². The van der Waals surface area contributed by atoms with Gasteiger partial charge in [-0.3, -0.25) is 0 Å². The molecule has 0 radical (unpaired) electrons. The smallest absolute Gasteiger partial charge is 0.511 e. The highest BCUT2D eigenvalue weighted by atomic mass is 32.2. The maximum absolute atomic E-state index is 13.5. The van der Waals surface area contributed by atoms with E-state index in [4.69, 9.17) is 4.74 Å². The Balaban J connectivity index is 1.33. The number of hydrogen-bond acceptors (Lipinski definition) is 11. The van der Waals surface area contributed by atoms with Crippen molar-refractivity contribution in [1.29, 1.82) is 0 Å². The van der Waals surface area contributed by atoms with E-state index in [1.807, 2.05) is 6.92 Å². The van der Waals surface area contributed by atoms with Crippen molar-refractivity contribution in [2.75, 3.05) is 19.9 Å². The number of hydrogen-bond donors (Lipinski definition) is 1. The zero-order valence-electron chi connectivity index (χ0n) is 23.9. The normalized spacial score (nSPS) is 14.1. The molecule has 0 saturated carbocycles. The van der Waals surface area contributed by atoms with Crippen molar-refractivity contribution in [1.82, 2.24) is 19.5 Å². The lowest BCUT2D eigenvalue weighted by molar-refractivity contribution is -0.727. The van der Waals surface area contributed by atoms with Gasteiger partial charge in [0.05, 0.1) is 27.4 Å². The minimum atomic E-state index is -4.72. The van der Waals surface area contributed by atoms with Gasteiger partial charge in [0, 0.05) is 5.56 Å². The van der Waals surface area contributed by atoms with E-state index in [9.17, 15) is 36.4 Å². The molecule has 1 N–H and O–H groups in total. The number of nitrogens with one attached hydrogen (secondary N) is 1. The van der Waals surface area contributed by atoms with Crippen LogP contribution in [0.5, 0.6) is 0 Å². The summed E-state index contributed by atoms with van der Waals surface area (Å²) in [4.78, 5) is 27.6. The minimum absolute atomic E-state index is 0.0225. The lowest BCUT2D eigenvalue weighted by Crippen LogP contribution is -2.56. The molecule has 45 heavy (non-hydrogen) atoms. The monoisotopic (exact) mass is 656 g/mol. The van der Waals surface area contributed by atoms with Crippen molar-refractivity contribution in [3.05, 3.63) is 71.1 Å². The lowest BCUT2D eigenvalue weighted by Gasteiger charge is -2.33. The molecule has 15 nitrogen and oxygen atoms in total. The third-order valence-corrected chi connectivity index (χ3v) is 7.32. The molecule has 0 unspecified atom stereocenters. The number of aromatic nitrogens is 2. The number of carbonyl (C=O) groups excluding carboxylic acids is 2. The fourth-order valence-corrected chi connectivity index (χ4v) is 4.69. The van der Waals surface area contributed by atoms with Gasteiger partial charge in [0.25, 0.3) is 16.8 Å². The van der Waals surface area contributed by atoms with Crippen LogP contribution >= 0.6 is 0 Å². The first-order valence-electron chi connectivity index (χ1n) is 13.1. The number of rotatable bonds is 10. The Morgan fingerprint density at radius 1 is 1.13 bits per heavy atom. The molecule has 1 fully saturated rings. The van der Waals surface area contributed by atoms with Crippen molar-refractivity contribution < 1.29 is 55.2 Å². The maximum Gasteiger partial charge on any atom is 0.511 e. The SMILES string of the molecule is Cc1ccc(-c2cc(C(F)(F)F)nn2-c2ccc(S(=O)(=O)NC(=O)OC3CN(/[N+]([O-])=N/OCOC(=O)OC(C)C)C3)cc2)cc1. The van der Waals surface area contributed by atoms with Crippen LogP contribution in [0.2, 0.25) is 0 Å². The van der Waals surface area contributed by atoms with Gasteiger partial charge < -0.3 is 24.3 Å². The van der Waals surface area contributed by atoms with Gasteiger partial charge in [-0.1, -0.05) is 29.8 Å². The molecule has 4 rings (SSSR count). The molecule has 3 aromatic rings. The second-order valence-electron chi connectivity index (χ2n) is 9.83. The average molecular weight is 657 g/mol. The largest absolute Gasteiger partial charge is 0.569 e. The van der Waals surface area contributed by atoms with Crippen molar-refractivity contribution in [2.24, 2.45) is 5.28 Å². The second-order valence-corrected chi connectivity index (χ2v) is 11.5. The molecule has 2 heterocycles. The van der Waals surface area contributed by atoms with Crippen LogP contribution in [-0.2, 0) is 35.2 Å². The number of nitrogens with zero attached hydrogens (tertiary/aromatic N) is 5. The summed E-state index contributed by atoms with van der Waals surface area (Å²) in [6.07, 6.45) is -8.34. The quantitative estimate of drug-likeness (QED) is 0.0822. The molecule has 0 spiro atoms. The van der Waals surface area contributed by atoms with Gasteiger partial charge in [-0.25, -0.2) is 27.4 Å². The van der Waals surface area contributed by atoms with Gasteiger partial charge in [-0.2, -0.15) is 18.3 Å². The minimum Gasteiger partial charge on any atom is -0.569 e. The Morgan fingerprint density at radius 2 is 1.78 bits per heavy atom. The second kappa shape index (κ2) is 13.3. The van der Waals surface area contributed by atoms with Crippen LogP contribution in [0.15, 0.2) is 64.8 Å². The van der Waals surface area contributed by atoms with E-state index in [1.165, 1.54) is 12.1 Å². The first-order valence-corrected chi connectivity index (χ1v) is 14.6. The molecular formula is C26H27F3N6O9S. The van der Waals surface area contributed by atoms with E-state index in [0.717, 1.165) is 33.5 Å². The Labute approximate surface area is 254 Å². The topological polar surface area (TPSA) is 177 Å². The molecule has 1 amide bonds. The summed E-state index contributed by atoms with van der Waals surface area (Å²) in [6.45, 7) is 4.04. The molecule has 0 aliphatic carbocycles.